The lowest BCUT2D eigenvalue weighted by molar-refractivity contribution is -0.109. The summed E-state index contributed by atoms with van der Waals surface area (Å²) in [6.45, 7) is 8.62. The van der Waals surface area contributed by atoms with E-state index in [1.807, 2.05) is 87.6 Å². The Kier molecular flexibility index (Phi) is 13.3. The number of nitrogens with one attached hydrogen (secondary N) is 4. The monoisotopic (exact) mass is 556 g/mol. The lowest BCUT2D eigenvalue weighted by Crippen LogP contribution is -2.43. The van der Waals surface area contributed by atoms with Crippen molar-refractivity contribution in [3.05, 3.63) is 102 Å². The predicted molar refractivity (Wildman–Crippen MR) is 170 cm³/mol. The maximum atomic E-state index is 10.5. The third-order valence-corrected chi connectivity index (χ3v) is 5.80. The maximum absolute atomic E-state index is 10.5. The fourth-order valence-corrected chi connectivity index (χ4v) is 3.80. The number of aromatic nitrogens is 1. The van der Waals surface area contributed by atoms with E-state index in [1.165, 1.54) is 16.5 Å². The van der Waals surface area contributed by atoms with Gasteiger partial charge in [-0.25, -0.2) is 0 Å². The summed E-state index contributed by atoms with van der Waals surface area (Å²) in [5.41, 5.74) is 10.0. The first-order valence-corrected chi connectivity index (χ1v) is 13.6. The molecular formula is C33H44N6O2. The van der Waals surface area contributed by atoms with Crippen molar-refractivity contribution in [2.75, 3.05) is 20.2 Å². The molecule has 0 saturated carbocycles. The average Bonchev–Trinajstić information content (AvgIpc) is 3.33. The molecule has 0 bridgehead atoms. The zero-order chi connectivity index (χ0) is 30.3. The van der Waals surface area contributed by atoms with Gasteiger partial charge in [-0.3, -0.25) is 15.6 Å². The summed E-state index contributed by atoms with van der Waals surface area (Å²) in [6.07, 6.45) is 3.72. The van der Waals surface area contributed by atoms with Gasteiger partial charge in [0.2, 0.25) is 6.41 Å². The predicted octanol–water partition coefficient (Wildman–Crippen LogP) is 5.70. The van der Waals surface area contributed by atoms with Crippen molar-refractivity contribution < 1.29 is 9.53 Å². The molecule has 0 aliphatic rings. The summed E-state index contributed by atoms with van der Waals surface area (Å²) in [4.78, 5) is 15.4. The highest BCUT2D eigenvalue weighted by atomic mass is 16.5. The summed E-state index contributed by atoms with van der Waals surface area (Å²) in [7, 11) is 1.61. The van der Waals surface area contributed by atoms with Gasteiger partial charge in [-0.2, -0.15) is 0 Å². The highest BCUT2D eigenvalue weighted by molar-refractivity contribution is 6.00. The second-order valence-electron chi connectivity index (χ2n) is 10.7. The van der Waals surface area contributed by atoms with Gasteiger partial charge >= 0.3 is 0 Å². The van der Waals surface area contributed by atoms with Crippen LogP contribution in [0.5, 0.6) is 5.75 Å². The minimum atomic E-state index is 0. The van der Waals surface area contributed by atoms with Crippen LogP contribution in [-0.2, 0) is 17.6 Å². The smallest absolute Gasteiger partial charge is 0.207 e. The molecule has 0 radical (unpaired) electrons. The third-order valence-electron chi connectivity index (χ3n) is 5.80. The molecule has 8 nitrogen and oxygen atoms in total. The fourth-order valence-electron chi connectivity index (χ4n) is 3.80. The van der Waals surface area contributed by atoms with Crippen LogP contribution in [0, 0.1) is 17.7 Å². The molecule has 0 aliphatic heterocycles. The number of aromatic amines is 1. The van der Waals surface area contributed by atoms with Gasteiger partial charge in [-0.15, -0.1) is 0 Å². The molecule has 4 aromatic rings. The minimum absolute atomic E-state index is 0. The number of methoxy groups -OCH3 is 1. The van der Waals surface area contributed by atoms with Crippen LogP contribution in [0.1, 0.15) is 37.5 Å². The van der Waals surface area contributed by atoms with E-state index >= 15 is 0 Å². The highest BCUT2D eigenvalue weighted by Gasteiger charge is 2.15. The SMILES string of the molecule is CC(C)(C)N.COc1ccc(CC(=N)N(CCc2ccccc2)C(=N)CNC=O)cc1.Cc1c[nH]c2ccccc12. The molecule has 0 saturated heterocycles. The summed E-state index contributed by atoms with van der Waals surface area (Å²) < 4.78 is 5.15. The largest absolute Gasteiger partial charge is 0.497 e. The van der Waals surface area contributed by atoms with E-state index in [0.717, 1.165) is 23.3 Å². The number of nitrogens with zero attached hydrogens (tertiary/aromatic N) is 1. The van der Waals surface area contributed by atoms with Gasteiger partial charge < -0.3 is 25.7 Å². The number of aryl methyl sites for hydroxylation is 1. The van der Waals surface area contributed by atoms with Crippen LogP contribution in [0.25, 0.3) is 10.9 Å². The van der Waals surface area contributed by atoms with Gasteiger partial charge in [0.05, 0.1) is 13.7 Å². The van der Waals surface area contributed by atoms with E-state index in [-0.39, 0.29) is 17.9 Å². The highest BCUT2D eigenvalue weighted by Crippen LogP contribution is 2.15. The van der Waals surface area contributed by atoms with Crippen molar-refractivity contribution in [2.45, 2.75) is 46.1 Å². The minimum Gasteiger partial charge on any atom is -0.497 e. The Morgan fingerprint density at radius 2 is 1.56 bits per heavy atom. The van der Waals surface area contributed by atoms with Crippen molar-refractivity contribution in [2.24, 2.45) is 5.73 Å². The quantitative estimate of drug-likeness (QED) is 0.103. The van der Waals surface area contributed by atoms with Gasteiger partial charge in [-0.1, -0.05) is 60.7 Å². The average molecular weight is 557 g/mol. The van der Waals surface area contributed by atoms with E-state index in [9.17, 15) is 4.79 Å². The van der Waals surface area contributed by atoms with E-state index in [4.69, 9.17) is 21.3 Å². The van der Waals surface area contributed by atoms with E-state index < -0.39 is 0 Å². The number of carbonyl (C=O) groups is 1. The summed E-state index contributed by atoms with van der Waals surface area (Å²) >= 11 is 0. The lowest BCUT2D eigenvalue weighted by atomic mass is 10.1. The molecule has 0 fully saturated rings. The van der Waals surface area contributed by atoms with Crippen LogP contribution >= 0.6 is 0 Å². The van der Waals surface area contributed by atoms with Gasteiger partial charge in [0.1, 0.15) is 17.4 Å². The second-order valence-corrected chi connectivity index (χ2v) is 10.7. The van der Waals surface area contributed by atoms with Crippen LogP contribution in [0.2, 0.25) is 0 Å². The number of benzene rings is 3. The van der Waals surface area contributed by atoms with Crippen LogP contribution in [0.15, 0.2) is 85.1 Å². The number of fused-ring (bicyclic) bond motifs is 1. The standard InChI is InChI=1S/C20H24N4O2.C9H9N.C4H11N/c1-26-18-9-7-17(8-10-18)13-19(21)24(20(22)14-23-15-25)12-11-16-5-3-2-4-6-16;1-7-6-10-9-5-3-2-4-8(7)9;1-4(2,3)5/h2-10,15,21-22H,11-14H2,1H3,(H,23,25);2-6,10H,1H3;5H2,1-3H3. The molecule has 8 heteroatoms. The van der Waals surface area contributed by atoms with E-state index in [1.54, 1.807) is 12.0 Å². The molecule has 0 spiro atoms. The third kappa shape index (κ3) is 12.5. The van der Waals surface area contributed by atoms with E-state index in [0.29, 0.717) is 25.2 Å². The number of amides is 1. The normalized spacial score (nSPS) is 10.4. The van der Waals surface area contributed by atoms with Crippen LogP contribution in [-0.4, -0.2) is 53.7 Å². The van der Waals surface area contributed by atoms with Crippen LogP contribution in [0.3, 0.4) is 0 Å². The Morgan fingerprint density at radius 1 is 0.951 bits per heavy atom. The Hall–Kier alpha value is -4.43. The number of para-hydroxylation sites is 1. The second kappa shape index (κ2) is 16.6. The van der Waals surface area contributed by atoms with Gasteiger partial charge in [0, 0.05) is 35.6 Å². The number of hydrogen-bond donors (Lipinski definition) is 5. The zero-order valence-electron chi connectivity index (χ0n) is 24.8. The molecule has 41 heavy (non-hydrogen) atoms. The van der Waals surface area contributed by atoms with Crippen molar-refractivity contribution in [3.8, 4) is 5.75 Å². The van der Waals surface area contributed by atoms with Crippen molar-refractivity contribution in [1.82, 2.24) is 15.2 Å². The number of rotatable bonds is 9. The first-order chi connectivity index (χ1) is 19.5. The number of ether oxygens (including phenoxy) is 1. The van der Waals surface area contributed by atoms with E-state index in [2.05, 4.69) is 35.4 Å². The number of amidine groups is 2. The Bertz CT molecular complexity index is 1350. The molecule has 1 heterocycles. The Morgan fingerprint density at radius 3 is 2.15 bits per heavy atom. The summed E-state index contributed by atoms with van der Waals surface area (Å²) in [6, 6.07) is 25.8. The number of carbonyl (C=O) groups excluding carboxylic acids is 1. The maximum Gasteiger partial charge on any atom is 0.207 e. The molecule has 3 aromatic carbocycles. The van der Waals surface area contributed by atoms with Gasteiger partial charge in [-0.05, 0) is 69.0 Å². The van der Waals surface area contributed by atoms with Gasteiger partial charge in [0.15, 0.2) is 0 Å². The first kappa shape index (κ1) is 32.8. The Balaban J connectivity index is 0.000000317. The van der Waals surface area contributed by atoms with Crippen LogP contribution in [0.4, 0.5) is 0 Å². The molecule has 4 rings (SSSR count). The number of hydrogen-bond acceptors (Lipinski definition) is 5. The van der Waals surface area contributed by atoms with Crippen molar-refractivity contribution >= 4 is 29.0 Å². The first-order valence-electron chi connectivity index (χ1n) is 13.6. The topological polar surface area (TPSA) is 131 Å². The Labute approximate surface area is 243 Å². The van der Waals surface area contributed by atoms with Crippen molar-refractivity contribution in [3.63, 3.8) is 0 Å². The molecule has 1 amide bonds. The molecule has 0 aliphatic carbocycles. The molecule has 0 atom stereocenters. The molecule has 6 N–H and O–H groups in total. The summed E-state index contributed by atoms with van der Waals surface area (Å²) in [5, 5.41) is 20.5. The van der Waals surface area contributed by atoms with Gasteiger partial charge in [0.25, 0.3) is 0 Å². The lowest BCUT2D eigenvalue weighted by Gasteiger charge is -2.26. The molecule has 0 unspecified atom stereocenters. The fraction of sp³-hybridized carbons (Fsp3) is 0.303. The molecule has 218 valence electrons. The molecular weight excluding hydrogens is 512 g/mol. The van der Waals surface area contributed by atoms with Crippen molar-refractivity contribution in [1.29, 1.82) is 10.8 Å². The molecule has 1 aromatic heterocycles. The zero-order valence-corrected chi connectivity index (χ0v) is 24.8. The number of nitrogens with two attached hydrogens (primary N) is 1. The van der Waals surface area contributed by atoms with Crippen LogP contribution < -0.4 is 15.8 Å². The number of H-pyrrole nitrogens is 1. The summed E-state index contributed by atoms with van der Waals surface area (Å²) in [5.74, 6) is 1.29.